The smallest absolute Gasteiger partial charge is 0.335 e. The highest BCUT2D eigenvalue weighted by atomic mass is 16.4. The lowest BCUT2D eigenvalue weighted by Crippen LogP contribution is -1.96. The monoisotopic (exact) mass is 315 g/mol. The highest BCUT2D eigenvalue weighted by Crippen LogP contribution is 2.34. The number of carbonyl (C=O) groups is 1. The summed E-state index contributed by atoms with van der Waals surface area (Å²) in [4.78, 5) is 19.6. The zero-order valence-corrected chi connectivity index (χ0v) is 12.6. The van der Waals surface area contributed by atoms with Crippen LogP contribution in [0, 0.1) is 0 Å². The van der Waals surface area contributed by atoms with Gasteiger partial charge in [-0.05, 0) is 58.1 Å². The number of hydrogen-bond donors (Lipinski definition) is 2. The molecule has 5 nitrogen and oxygen atoms in total. The summed E-state index contributed by atoms with van der Waals surface area (Å²) in [6.45, 7) is 0. The Labute approximate surface area is 137 Å². The van der Waals surface area contributed by atoms with Gasteiger partial charge in [-0.1, -0.05) is 6.07 Å². The molecule has 4 rings (SSSR count). The SMILES string of the molecule is Nc1ccc(-c2cc3cc(C(=O)O)ccc3c3cnccc23)cn1. The first kappa shape index (κ1) is 14.1. The molecule has 116 valence electrons. The summed E-state index contributed by atoms with van der Waals surface area (Å²) >= 11 is 0. The van der Waals surface area contributed by atoms with Crippen LogP contribution in [0.3, 0.4) is 0 Å². The first-order valence-electron chi connectivity index (χ1n) is 7.39. The van der Waals surface area contributed by atoms with Crippen LogP contribution < -0.4 is 5.73 Å². The Bertz CT molecular complexity index is 1090. The molecule has 0 atom stereocenters. The van der Waals surface area contributed by atoms with Gasteiger partial charge >= 0.3 is 5.97 Å². The summed E-state index contributed by atoms with van der Waals surface area (Å²) in [6.07, 6.45) is 5.26. The minimum Gasteiger partial charge on any atom is -0.478 e. The van der Waals surface area contributed by atoms with Gasteiger partial charge in [-0.15, -0.1) is 0 Å². The van der Waals surface area contributed by atoms with Crippen molar-refractivity contribution in [2.75, 3.05) is 5.73 Å². The van der Waals surface area contributed by atoms with Crippen LogP contribution in [0.5, 0.6) is 0 Å². The van der Waals surface area contributed by atoms with Gasteiger partial charge in [0, 0.05) is 29.5 Å². The summed E-state index contributed by atoms with van der Waals surface area (Å²) in [5.74, 6) is -0.488. The minimum atomic E-state index is -0.945. The average Bonchev–Trinajstić information content (AvgIpc) is 2.61. The van der Waals surface area contributed by atoms with E-state index in [1.165, 1.54) is 0 Å². The second-order valence-electron chi connectivity index (χ2n) is 5.56. The number of anilines is 1. The maximum atomic E-state index is 11.3. The van der Waals surface area contributed by atoms with Crippen molar-refractivity contribution in [1.82, 2.24) is 9.97 Å². The number of benzene rings is 2. The number of aromatic nitrogens is 2. The van der Waals surface area contributed by atoms with Gasteiger partial charge in [-0.3, -0.25) is 4.98 Å². The third-order valence-electron chi connectivity index (χ3n) is 4.10. The van der Waals surface area contributed by atoms with E-state index in [1.807, 2.05) is 24.3 Å². The third-order valence-corrected chi connectivity index (χ3v) is 4.10. The molecule has 0 fully saturated rings. The minimum absolute atomic E-state index is 0.257. The molecule has 0 aliphatic heterocycles. The molecule has 0 aliphatic carbocycles. The lowest BCUT2D eigenvalue weighted by molar-refractivity contribution is 0.0697. The predicted molar refractivity (Wildman–Crippen MR) is 93.9 cm³/mol. The van der Waals surface area contributed by atoms with Gasteiger partial charge in [0.25, 0.3) is 0 Å². The zero-order chi connectivity index (χ0) is 16.7. The van der Waals surface area contributed by atoms with Crippen molar-refractivity contribution in [1.29, 1.82) is 0 Å². The fourth-order valence-corrected chi connectivity index (χ4v) is 2.94. The zero-order valence-electron chi connectivity index (χ0n) is 12.6. The number of pyridine rings is 2. The van der Waals surface area contributed by atoms with Crippen molar-refractivity contribution in [3.63, 3.8) is 0 Å². The first-order chi connectivity index (χ1) is 11.6. The molecule has 4 aromatic rings. The molecule has 5 heteroatoms. The van der Waals surface area contributed by atoms with Gasteiger partial charge in [-0.2, -0.15) is 0 Å². The molecule has 0 radical (unpaired) electrons. The quantitative estimate of drug-likeness (QED) is 0.550. The average molecular weight is 315 g/mol. The lowest BCUT2D eigenvalue weighted by Gasteiger charge is -2.11. The van der Waals surface area contributed by atoms with Crippen LogP contribution in [0.15, 0.2) is 61.1 Å². The molecule has 0 saturated carbocycles. The van der Waals surface area contributed by atoms with Crippen LogP contribution in [-0.2, 0) is 0 Å². The van der Waals surface area contributed by atoms with Crippen molar-refractivity contribution in [3.05, 3.63) is 66.6 Å². The summed E-state index contributed by atoms with van der Waals surface area (Å²) in [7, 11) is 0. The van der Waals surface area contributed by atoms with Crippen LogP contribution in [0.1, 0.15) is 10.4 Å². The third kappa shape index (κ3) is 2.23. The molecule has 2 heterocycles. The van der Waals surface area contributed by atoms with Crippen molar-refractivity contribution in [2.24, 2.45) is 0 Å². The molecule has 0 aliphatic rings. The maximum Gasteiger partial charge on any atom is 0.335 e. The summed E-state index contributed by atoms with van der Waals surface area (Å²) in [5, 5.41) is 13.1. The second-order valence-corrected chi connectivity index (χ2v) is 5.56. The van der Waals surface area contributed by atoms with E-state index in [2.05, 4.69) is 9.97 Å². The van der Waals surface area contributed by atoms with Gasteiger partial charge in [0.2, 0.25) is 0 Å². The van der Waals surface area contributed by atoms with Crippen molar-refractivity contribution in [3.8, 4) is 11.1 Å². The molecule has 0 spiro atoms. The highest BCUT2D eigenvalue weighted by molar-refractivity contribution is 6.14. The Morgan fingerprint density at radius 2 is 1.83 bits per heavy atom. The normalized spacial score (nSPS) is 11.0. The summed E-state index contributed by atoms with van der Waals surface area (Å²) in [5.41, 5.74) is 7.82. The number of aromatic carboxylic acids is 1. The van der Waals surface area contributed by atoms with E-state index >= 15 is 0 Å². The van der Waals surface area contributed by atoms with Crippen LogP contribution in [0.4, 0.5) is 5.82 Å². The van der Waals surface area contributed by atoms with Crippen molar-refractivity contribution < 1.29 is 9.90 Å². The number of carboxylic acids is 1. The summed E-state index contributed by atoms with van der Waals surface area (Å²) < 4.78 is 0. The van der Waals surface area contributed by atoms with E-state index in [-0.39, 0.29) is 5.56 Å². The Morgan fingerprint density at radius 3 is 2.58 bits per heavy atom. The maximum absolute atomic E-state index is 11.3. The van der Waals surface area contributed by atoms with E-state index in [0.717, 1.165) is 32.7 Å². The number of rotatable bonds is 2. The fourth-order valence-electron chi connectivity index (χ4n) is 2.94. The number of fused-ring (bicyclic) bond motifs is 3. The highest BCUT2D eigenvalue weighted by Gasteiger charge is 2.11. The van der Waals surface area contributed by atoms with Crippen molar-refractivity contribution in [2.45, 2.75) is 0 Å². The van der Waals surface area contributed by atoms with E-state index < -0.39 is 5.97 Å². The van der Waals surface area contributed by atoms with E-state index in [9.17, 15) is 9.90 Å². The fraction of sp³-hybridized carbons (Fsp3) is 0. The molecule has 0 saturated heterocycles. The first-order valence-corrected chi connectivity index (χ1v) is 7.39. The van der Waals surface area contributed by atoms with Gasteiger partial charge in [0.15, 0.2) is 0 Å². The Balaban J connectivity index is 2.10. The predicted octanol–water partition coefficient (Wildman–Crippen LogP) is 3.73. The Morgan fingerprint density at radius 1 is 0.958 bits per heavy atom. The van der Waals surface area contributed by atoms with Crippen LogP contribution in [0.25, 0.3) is 32.7 Å². The Hall–Kier alpha value is -3.47. The second kappa shape index (κ2) is 5.31. The molecule has 0 bridgehead atoms. The molecule has 3 N–H and O–H groups in total. The number of carboxylic acid groups (broad SMARTS) is 1. The number of nitrogens with two attached hydrogens (primary N) is 1. The van der Waals surface area contributed by atoms with E-state index in [0.29, 0.717) is 5.82 Å². The standard InChI is InChI=1S/C19H13N3O2/c20-18-4-2-12(9-22-18)16-8-13-7-11(19(23)24)1-3-14(13)17-10-21-6-5-15(16)17/h1-10H,(H2,20,22)(H,23,24). The number of nitrogens with zero attached hydrogens (tertiary/aromatic N) is 2. The van der Waals surface area contributed by atoms with Gasteiger partial charge in [0.1, 0.15) is 5.82 Å². The van der Waals surface area contributed by atoms with Crippen molar-refractivity contribution >= 4 is 33.3 Å². The van der Waals surface area contributed by atoms with E-state index in [1.54, 1.807) is 36.8 Å². The largest absolute Gasteiger partial charge is 0.478 e. The van der Waals surface area contributed by atoms with E-state index in [4.69, 9.17) is 5.73 Å². The van der Waals surface area contributed by atoms with Gasteiger partial charge in [-0.25, -0.2) is 9.78 Å². The molecule has 0 unspecified atom stereocenters. The lowest BCUT2D eigenvalue weighted by atomic mass is 9.94. The topological polar surface area (TPSA) is 89.1 Å². The summed E-state index contributed by atoms with van der Waals surface area (Å²) in [6, 6.07) is 12.7. The number of hydrogen-bond acceptors (Lipinski definition) is 4. The van der Waals surface area contributed by atoms with Crippen LogP contribution in [-0.4, -0.2) is 21.0 Å². The molecular formula is C19H13N3O2. The number of nitrogen functional groups attached to an aromatic ring is 1. The molecule has 24 heavy (non-hydrogen) atoms. The molecule has 2 aromatic heterocycles. The van der Waals surface area contributed by atoms with Crippen LogP contribution >= 0.6 is 0 Å². The molecule has 2 aromatic carbocycles. The molecular weight excluding hydrogens is 302 g/mol. The van der Waals surface area contributed by atoms with Crippen LogP contribution in [0.2, 0.25) is 0 Å². The Kier molecular flexibility index (Phi) is 3.13. The molecule has 0 amide bonds. The van der Waals surface area contributed by atoms with Gasteiger partial charge in [0.05, 0.1) is 5.56 Å². The van der Waals surface area contributed by atoms with Gasteiger partial charge < -0.3 is 10.8 Å².